The third kappa shape index (κ3) is 8.61. The Morgan fingerprint density at radius 3 is 2.21 bits per heavy atom. The van der Waals surface area contributed by atoms with Crippen molar-refractivity contribution in [3.63, 3.8) is 0 Å². The van der Waals surface area contributed by atoms with Crippen LogP contribution in [0.15, 0.2) is 79.4 Å². The number of carboxylic acid groups (broad SMARTS) is 1. The van der Waals surface area contributed by atoms with E-state index in [1.165, 1.54) is 23.2 Å². The number of halogens is 5. The molecule has 0 aliphatic carbocycles. The number of nitrogens with one attached hydrogen (secondary N) is 1. The van der Waals surface area contributed by atoms with Crippen molar-refractivity contribution in [2.45, 2.75) is 19.1 Å². The van der Waals surface area contributed by atoms with Crippen LogP contribution in [-0.4, -0.2) is 28.5 Å². The first kappa shape index (κ1) is 29.8. The van der Waals surface area contributed by atoms with E-state index in [1.54, 1.807) is 42.5 Å². The van der Waals surface area contributed by atoms with Crippen LogP contribution >= 0.6 is 23.2 Å². The Hall–Kier alpha value is -3.79. The lowest BCUT2D eigenvalue weighted by atomic mass is 10.0. The molecule has 0 aromatic heterocycles. The van der Waals surface area contributed by atoms with Gasteiger partial charge in [0.2, 0.25) is 0 Å². The number of hydrogen-bond acceptors (Lipinski definition) is 4. The van der Waals surface area contributed by atoms with Crippen LogP contribution < -0.4 is 11.2 Å². The number of nitrogens with zero attached hydrogens (tertiary/aromatic N) is 1. The number of benzene rings is 3. The molecule has 3 aromatic carbocycles. The Morgan fingerprint density at radius 1 is 0.974 bits per heavy atom. The second-order valence-corrected chi connectivity index (χ2v) is 9.39. The number of aliphatic carboxylic acids is 1. The van der Waals surface area contributed by atoms with Crippen molar-refractivity contribution in [3.05, 3.63) is 117 Å². The summed E-state index contributed by atoms with van der Waals surface area (Å²) in [6.07, 6.45) is -3.16. The molecule has 0 bridgehead atoms. The molecule has 4 N–H and O–H groups in total. The molecule has 3 aromatic rings. The minimum absolute atomic E-state index is 0.00138. The SMILES string of the molecule is C=C(/C=C(/c1cc(Cl)cc(Cl)c1)N(N)Cc1ccc(C(=O)NCCC(=O)O)cc1)c1cccc(C(F)(F)F)c1. The van der Waals surface area contributed by atoms with Crippen LogP contribution in [0, 0.1) is 0 Å². The van der Waals surface area contributed by atoms with Gasteiger partial charge < -0.3 is 15.4 Å². The Bertz CT molecular complexity index is 1390. The third-order valence-corrected chi connectivity index (χ3v) is 5.97. The van der Waals surface area contributed by atoms with Crippen LogP contribution in [0.3, 0.4) is 0 Å². The molecule has 0 aliphatic heterocycles. The standard InChI is InChI=1S/C28H24Cl2F3N3O3/c1-17(20-3-2-4-22(12-20)28(31,32)33)11-25(21-13-23(29)15-24(30)14-21)36(34)16-18-5-7-19(8-6-18)27(39)35-10-9-26(37)38/h2-8,11-15H,1,9-10,16,34H2,(H,35,39)(H,37,38)/b25-11-. The fourth-order valence-electron chi connectivity index (χ4n) is 3.61. The summed E-state index contributed by atoms with van der Waals surface area (Å²) in [4.78, 5) is 22.8. The summed E-state index contributed by atoms with van der Waals surface area (Å²) in [7, 11) is 0. The minimum Gasteiger partial charge on any atom is -0.481 e. The molecule has 0 fully saturated rings. The number of carbonyl (C=O) groups excluding carboxylic acids is 1. The highest BCUT2D eigenvalue weighted by atomic mass is 35.5. The molecule has 6 nitrogen and oxygen atoms in total. The van der Waals surface area contributed by atoms with Crippen molar-refractivity contribution in [2.24, 2.45) is 5.84 Å². The maximum absolute atomic E-state index is 13.2. The lowest BCUT2D eigenvalue weighted by Crippen LogP contribution is -2.29. The van der Waals surface area contributed by atoms with Gasteiger partial charge in [-0.1, -0.05) is 54.0 Å². The zero-order valence-corrected chi connectivity index (χ0v) is 21.9. The molecule has 0 heterocycles. The Labute approximate surface area is 233 Å². The lowest BCUT2D eigenvalue weighted by molar-refractivity contribution is -0.138. The molecular weight excluding hydrogens is 554 g/mol. The quantitative estimate of drug-likeness (QED) is 0.142. The van der Waals surface area contributed by atoms with E-state index in [2.05, 4.69) is 11.9 Å². The van der Waals surface area contributed by atoms with Gasteiger partial charge in [0, 0.05) is 27.7 Å². The first-order valence-electron chi connectivity index (χ1n) is 11.5. The summed E-state index contributed by atoms with van der Waals surface area (Å²) < 4.78 is 39.7. The van der Waals surface area contributed by atoms with Gasteiger partial charge >= 0.3 is 12.1 Å². The number of allylic oxidation sites excluding steroid dienone is 2. The predicted molar refractivity (Wildman–Crippen MR) is 146 cm³/mol. The Balaban J connectivity index is 1.88. The molecular formula is C28H24Cl2F3N3O3. The molecule has 39 heavy (non-hydrogen) atoms. The molecule has 11 heteroatoms. The third-order valence-electron chi connectivity index (χ3n) is 5.53. The monoisotopic (exact) mass is 577 g/mol. The van der Waals surface area contributed by atoms with Crippen LogP contribution in [0.5, 0.6) is 0 Å². The molecule has 0 unspecified atom stereocenters. The molecule has 0 atom stereocenters. The summed E-state index contributed by atoms with van der Waals surface area (Å²) in [6.45, 7) is 4.09. The molecule has 0 saturated carbocycles. The average molecular weight is 578 g/mol. The number of carbonyl (C=O) groups is 2. The number of hydrogen-bond donors (Lipinski definition) is 3. The van der Waals surface area contributed by atoms with E-state index < -0.39 is 23.6 Å². The second-order valence-electron chi connectivity index (χ2n) is 8.52. The molecule has 0 saturated heterocycles. The summed E-state index contributed by atoms with van der Waals surface area (Å²) in [5, 5.41) is 13.3. The van der Waals surface area contributed by atoms with E-state index in [0.717, 1.165) is 12.1 Å². The van der Waals surface area contributed by atoms with E-state index >= 15 is 0 Å². The highest BCUT2D eigenvalue weighted by Crippen LogP contribution is 2.33. The van der Waals surface area contributed by atoms with Crippen molar-refractivity contribution in [1.82, 2.24) is 10.3 Å². The lowest BCUT2D eigenvalue weighted by Gasteiger charge is -2.24. The Kier molecular flexibility index (Phi) is 9.80. The Morgan fingerprint density at radius 2 is 1.62 bits per heavy atom. The summed E-state index contributed by atoms with van der Waals surface area (Å²) in [6, 6.07) is 16.0. The van der Waals surface area contributed by atoms with Crippen molar-refractivity contribution in [2.75, 3.05) is 6.54 Å². The van der Waals surface area contributed by atoms with Crippen LogP contribution in [0.1, 0.15) is 39.0 Å². The summed E-state index contributed by atoms with van der Waals surface area (Å²) in [5.41, 5.74) is 1.66. The number of carboxylic acids is 1. The van der Waals surface area contributed by atoms with Gasteiger partial charge in [0.05, 0.1) is 24.2 Å². The fourth-order valence-corrected chi connectivity index (χ4v) is 4.13. The van der Waals surface area contributed by atoms with E-state index in [9.17, 15) is 22.8 Å². The number of hydrazine groups is 1. The zero-order chi connectivity index (χ0) is 28.7. The van der Waals surface area contributed by atoms with Crippen molar-refractivity contribution in [1.29, 1.82) is 0 Å². The predicted octanol–water partition coefficient (Wildman–Crippen LogP) is 6.65. The van der Waals surface area contributed by atoms with Crippen molar-refractivity contribution < 1.29 is 27.9 Å². The summed E-state index contributed by atoms with van der Waals surface area (Å²) in [5.74, 6) is 4.99. The zero-order valence-electron chi connectivity index (χ0n) is 20.4. The second kappa shape index (κ2) is 12.8. The van der Waals surface area contributed by atoms with E-state index in [-0.39, 0.29) is 30.6 Å². The molecule has 3 rings (SSSR count). The maximum atomic E-state index is 13.2. The largest absolute Gasteiger partial charge is 0.481 e. The van der Waals surface area contributed by atoms with Crippen LogP contribution in [-0.2, 0) is 17.5 Å². The molecule has 204 valence electrons. The number of amides is 1. The van der Waals surface area contributed by atoms with Gasteiger partial charge in [-0.25, -0.2) is 5.84 Å². The number of alkyl halides is 3. The topological polar surface area (TPSA) is 95.7 Å². The maximum Gasteiger partial charge on any atom is 0.416 e. The van der Waals surface area contributed by atoms with E-state index in [4.69, 9.17) is 34.2 Å². The molecule has 0 aliphatic rings. The summed E-state index contributed by atoms with van der Waals surface area (Å²) >= 11 is 12.4. The molecule has 1 amide bonds. The van der Waals surface area contributed by atoms with Crippen molar-refractivity contribution in [3.8, 4) is 0 Å². The van der Waals surface area contributed by atoms with Gasteiger partial charge in [0.15, 0.2) is 0 Å². The van der Waals surface area contributed by atoms with Gasteiger partial charge in [-0.2, -0.15) is 13.2 Å². The minimum atomic E-state index is -4.51. The van der Waals surface area contributed by atoms with Gasteiger partial charge in [-0.15, -0.1) is 0 Å². The van der Waals surface area contributed by atoms with Gasteiger partial charge in [-0.3, -0.25) is 9.59 Å². The molecule has 0 radical (unpaired) electrons. The average Bonchev–Trinajstić information content (AvgIpc) is 2.86. The van der Waals surface area contributed by atoms with Crippen LogP contribution in [0.2, 0.25) is 10.0 Å². The van der Waals surface area contributed by atoms with Gasteiger partial charge in [0.1, 0.15) is 0 Å². The van der Waals surface area contributed by atoms with Gasteiger partial charge in [-0.05, 0) is 65.2 Å². The molecule has 0 spiro atoms. The van der Waals surface area contributed by atoms with Crippen LogP contribution in [0.25, 0.3) is 11.3 Å². The normalized spacial score (nSPS) is 11.7. The van der Waals surface area contributed by atoms with Gasteiger partial charge in [0.25, 0.3) is 5.91 Å². The fraction of sp³-hybridized carbons (Fsp3) is 0.143. The van der Waals surface area contributed by atoms with Crippen LogP contribution in [0.4, 0.5) is 13.2 Å². The number of rotatable bonds is 10. The van der Waals surface area contributed by atoms with Crippen molar-refractivity contribution >= 4 is 46.3 Å². The smallest absolute Gasteiger partial charge is 0.416 e. The van der Waals surface area contributed by atoms with E-state index in [1.807, 2.05) is 0 Å². The highest BCUT2D eigenvalue weighted by molar-refractivity contribution is 6.34. The van der Waals surface area contributed by atoms with E-state index in [0.29, 0.717) is 32.4 Å². The first-order chi connectivity index (χ1) is 18.3. The first-order valence-corrected chi connectivity index (χ1v) is 12.2. The highest BCUT2D eigenvalue weighted by Gasteiger charge is 2.30. The number of nitrogens with two attached hydrogens (primary N) is 1.